The molecule has 4 aromatic rings. The molecule has 0 aliphatic carbocycles. The molecule has 0 radical (unpaired) electrons. The number of benzene rings is 2. The van der Waals surface area contributed by atoms with Crippen LogP contribution in [-0.4, -0.2) is 26.8 Å². The molecule has 0 saturated carbocycles. The number of nitrogens with one attached hydrogen (secondary N) is 2. The molecule has 27 heavy (non-hydrogen) atoms. The first-order valence-electron chi connectivity index (χ1n) is 9.04. The van der Waals surface area contributed by atoms with Crippen molar-refractivity contribution < 1.29 is 4.90 Å². The molecule has 7 heteroatoms. The van der Waals surface area contributed by atoms with Crippen molar-refractivity contribution >= 4 is 33.8 Å². The number of H-pyrrole nitrogens is 1. The van der Waals surface area contributed by atoms with Gasteiger partial charge in [0.1, 0.15) is 11.6 Å². The second-order valence-electron chi connectivity index (χ2n) is 6.70. The lowest BCUT2D eigenvalue weighted by molar-refractivity contribution is -0.917. The largest absolute Gasteiger partial charge is 0.313 e. The van der Waals surface area contributed by atoms with E-state index in [1.165, 1.54) is 15.2 Å². The van der Waals surface area contributed by atoms with Crippen molar-refractivity contribution in [3.8, 4) is 11.4 Å². The van der Waals surface area contributed by atoms with Gasteiger partial charge in [0.05, 0.1) is 17.3 Å². The van der Waals surface area contributed by atoms with E-state index >= 15 is 0 Å². The summed E-state index contributed by atoms with van der Waals surface area (Å²) >= 11 is 7.20. The van der Waals surface area contributed by atoms with Crippen molar-refractivity contribution in [2.24, 2.45) is 0 Å². The van der Waals surface area contributed by atoms with Crippen molar-refractivity contribution in [2.45, 2.75) is 26.6 Å². The van der Waals surface area contributed by atoms with E-state index in [1.54, 1.807) is 11.3 Å². The number of hydrogen-bond acceptors (Lipinski definition) is 4. The lowest BCUT2D eigenvalue weighted by Gasteiger charge is -2.12. The van der Waals surface area contributed by atoms with Crippen LogP contribution < -0.4 is 4.90 Å². The Labute approximate surface area is 167 Å². The summed E-state index contributed by atoms with van der Waals surface area (Å²) in [7, 11) is 2.14. The highest BCUT2D eigenvalue weighted by atomic mass is 32.1. The molecule has 0 saturated heterocycles. The van der Waals surface area contributed by atoms with E-state index in [-0.39, 0.29) is 0 Å². The standard InChI is InChI=1S/C20H21N5S2/c1-3-14-8-10-15(11-9-14)19-22-20(26)25(23-19)13-24(2)12-18-21-16-6-4-5-7-17(16)27-18/h4-11H,3,12-13H2,1-2H3,(H,22,23,26)/p+1. The van der Waals surface area contributed by atoms with Crippen LogP contribution in [0.2, 0.25) is 0 Å². The first-order valence-corrected chi connectivity index (χ1v) is 10.3. The minimum absolute atomic E-state index is 0.577. The maximum atomic E-state index is 5.45. The number of thiazole rings is 1. The van der Waals surface area contributed by atoms with Gasteiger partial charge in [-0.2, -0.15) is 4.98 Å². The van der Waals surface area contributed by atoms with E-state index in [4.69, 9.17) is 17.2 Å². The number of aromatic nitrogens is 4. The normalized spacial score (nSPS) is 12.5. The predicted molar refractivity (Wildman–Crippen MR) is 112 cm³/mol. The van der Waals surface area contributed by atoms with E-state index in [9.17, 15) is 0 Å². The maximum Gasteiger partial charge on any atom is 0.221 e. The van der Waals surface area contributed by atoms with Crippen molar-refractivity contribution in [3.63, 3.8) is 0 Å². The average Bonchev–Trinajstić information content (AvgIpc) is 3.24. The molecule has 0 bridgehead atoms. The Morgan fingerprint density at radius 3 is 2.63 bits per heavy atom. The smallest absolute Gasteiger partial charge is 0.221 e. The SMILES string of the molecule is CCc1ccc(-c2nc(=S)n(C[NH+](C)Cc3nc4ccccc4s3)[nH]2)cc1. The van der Waals surface area contributed by atoms with Crippen LogP contribution in [0.25, 0.3) is 21.6 Å². The third-order valence-electron chi connectivity index (χ3n) is 4.53. The first kappa shape index (κ1) is 18.0. The molecule has 5 nitrogen and oxygen atoms in total. The summed E-state index contributed by atoms with van der Waals surface area (Å²) in [5, 5.41) is 4.48. The van der Waals surface area contributed by atoms with Crippen molar-refractivity contribution in [1.82, 2.24) is 19.7 Å². The molecule has 1 atom stereocenters. The van der Waals surface area contributed by atoms with Gasteiger partial charge in [-0.3, -0.25) is 5.10 Å². The molecule has 0 aliphatic heterocycles. The van der Waals surface area contributed by atoms with Gasteiger partial charge in [-0.05, 0) is 36.3 Å². The summed E-state index contributed by atoms with van der Waals surface area (Å²) in [6, 6.07) is 16.7. The molecule has 4 rings (SSSR count). The summed E-state index contributed by atoms with van der Waals surface area (Å²) in [6.45, 7) is 3.72. The lowest BCUT2D eigenvalue weighted by atomic mass is 10.1. The summed E-state index contributed by atoms with van der Waals surface area (Å²) in [6.07, 6.45) is 1.03. The summed E-state index contributed by atoms with van der Waals surface area (Å²) < 4.78 is 3.74. The van der Waals surface area contributed by atoms with Crippen molar-refractivity contribution in [3.05, 3.63) is 63.9 Å². The number of para-hydroxylation sites is 1. The van der Waals surface area contributed by atoms with E-state index in [0.29, 0.717) is 4.77 Å². The summed E-state index contributed by atoms with van der Waals surface area (Å²) in [4.78, 5) is 10.5. The van der Waals surface area contributed by atoms with Crippen LogP contribution >= 0.6 is 23.6 Å². The first-order chi connectivity index (χ1) is 13.1. The van der Waals surface area contributed by atoms with Gasteiger partial charge in [0.2, 0.25) is 4.77 Å². The summed E-state index contributed by atoms with van der Waals surface area (Å²) in [5.74, 6) is 0.815. The highest BCUT2D eigenvalue weighted by molar-refractivity contribution is 7.71. The summed E-state index contributed by atoms with van der Waals surface area (Å²) in [5.41, 5.74) is 3.44. The number of aryl methyl sites for hydroxylation is 1. The molecular weight excluding hydrogens is 374 g/mol. The Hall–Kier alpha value is -2.35. The van der Waals surface area contributed by atoms with Crippen molar-refractivity contribution in [2.75, 3.05) is 7.05 Å². The van der Waals surface area contributed by atoms with E-state index in [2.05, 4.69) is 66.5 Å². The van der Waals surface area contributed by atoms with E-state index in [1.807, 2.05) is 10.7 Å². The van der Waals surface area contributed by atoms with Gasteiger partial charge in [0.15, 0.2) is 12.5 Å². The third-order valence-corrected chi connectivity index (χ3v) is 5.88. The minimum Gasteiger partial charge on any atom is -0.313 e. The highest BCUT2D eigenvalue weighted by Crippen LogP contribution is 2.20. The molecule has 2 aromatic carbocycles. The number of hydrogen-bond donors (Lipinski definition) is 2. The zero-order chi connectivity index (χ0) is 18.8. The van der Waals surface area contributed by atoms with E-state index in [0.717, 1.165) is 41.5 Å². The van der Waals surface area contributed by atoms with Crippen LogP contribution in [0.1, 0.15) is 17.5 Å². The van der Waals surface area contributed by atoms with E-state index < -0.39 is 0 Å². The number of nitrogens with zero attached hydrogens (tertiary/aromatic N) is 3. The van der Waals surface area contributed by atoms with Crippen LogP contribution in [0.3, 0.4) is 0 Å². The zero-order valence-electron chi connectivity index (χ0n) is 15.4. The molecule has 0 amide bonds. The predicted octanol–water partition coefficient (Wildman–Crippen LogP) is 3.45. The number of quaternary nitrogens is 1. The van der Waals surface area contributed by atoms with Gasteiger partial charge in [-0.25, -0.2) is 9.67 Å². The molecule has 2 heterocycles. The van der Waals surface area contributed by atoms with Gasteiger partial charge in [0, 0.05) is 5.56 Å². The Kier molecular flexibility index (Phi) is 5.15. The lowest BCUT2D eigenvalue weighted by Crippen LogP contribution is -3.07. The number of fused-ring (bicyclic) bond motifs is 1. The van der Waals surface area contributed by atoms with Crippen LogP contribution in [0.4, 0.5) is 0 Å². The van der Waals surface area contributed by atoms with Gasteiger partial charge in [0.25, 0.3) is 0 Å². The van der Waals surface area contributed by atoms with Crippen LogP contribution in [0, 0.1) is 4.77 Å². The average molecular weight is 397 g/mol. The van der Waals surface area contributed by atoms with Crippen LogP contribution in [0.15, 0.2) is 48.5 Å². The molecule has 0 fully saturated rings. The monoisotopic (exact) mass is 396 g/mol. The van der Waals surface area contributed by atoms with Gasteiger partial charge in [-0.1, -0.05) is 43.3 Å². The topological polar surface area (TPSA) is 50.9 Å². The molecule has 1 unspecified atom stereocenters. The fraction of sp³-hybridized carbons (Fsp3) is 0.250. The fourth-order valence-corrected chi connectivity index (χ4v) is 4.35. The third kappa shape index (κ3) is 4.00. The molecular formula is C20H22N5S2+. The van der Waals surface area contributed by atoms with Gasteiger partial charge in [-0.15, -0.1) is 11.3 Å². The fourth-order valence-electron chi connectivity index (χ4n) is 3.07. The molecule has 0 aliphatic rings. The quantitative estimate of drug-likeness (QED) is 0.491. The molecule has 0 spiro atoms. The second-order valence-corrected chi connectivity index (χ2v) is 8.18. The van der Waals surface area contributed by atoms with Crippen molar-refractivity contribution in [1.29, 1.82) is 0 Å². The Balaban J connectivity index is 1.48. The molecule has 2 N–H and O–H groups in total. The molecule has 2 aromatic heterocycles. The highest BCUT2D eigenvalue weighted by Gasteiger charge is 2.12. The zero-order valence-corrected chi connectivity index (χ0v) is 17.0. The number of aromatic amines is 1. The minimum atomic E-state index is 0.577. The Bertz CT molecular complexity index is 1070. The van der Waals surface area contributed by atoms with Crippen LogP contribution in [-0.2, 0) is 19.6 Å². The van der Waals surface area contributed by atoms with Crippen LogP contribution in [0.5, 0.6) is 0 Å². The maximum absolute atomic E-state index is 5.45. The number of rotatable bonds is 6. The Morgan fingerprint density at radius 1 is 1.11 bits per heavy atom. The van der Waals surface area contributed by atoms with Gasteiger partial charge >= 0.3 is 0 Å². The molecule has 138 valence electrons. The van der Waals surface area contributed by atoms with Gasteiger partial charge < -0.3 is 4.90 Å². The Morgan fingerprint density at radius 2 is 1.89 bits per heavy atom. The second kappa shape index (κ2) is 7.72.